The van der Waals surface area contributed by atoms with Crippen LogP contribution in [0.15, 0.2) is 24.3 Å². The van der Waals surface area contributed by atoms with E-state index in [0.717, 1.165) is 5.39 Å². The summed E-state index contributed by atoms with van der Waals surface area (Å²) < 4.78 is 0. The van der Waals surface area contributed by atoms with Crippen LogP contribution in [-0.4, -0.2) is 27.6 Å². The number of hydrogen-bond donors (Lipinski definition) is 2. The molecule has 5 nitrogen and oxygen atoms in total. The van der Waals surface area contributed by atoms with Gasteiger partial charge in [-0.2, -0.15) is 0 Å². The third-order valence-corrected chi connectivity index (χ3v) is 2.68. The molecule has 0 radical (unpaired) electrons. The maximum atomic E-state index is 11.7. The lowest BCUT2D eigenvalue weighted by molar-refractivity contribution is -0.148. The largest absolute Gasteiger partial charge is 0.475 e. The summed E-state index contributed by atoms with van der Waals surface area (Å²) in [6.07, 6.45) is -0.657. The quantitative estimate of drug-likeness (QED) is 0.503. The summed E-state index contributed by atoms with van der Waals surface area (Å²) in [5.74, 6) is -3.30. The number of H-pyrrole nitrogens is 1. The summed E-state index contributed by atoms with van der Waals surface area (Å²) in [4.78, 5) is 35.8. The molecule has 92 valence electrons. The van der Waals surface area contributed by atoms with Gasteiger partial charge in [0.1, 0.15) is 0 Å². The van der Waals surface area contributed by atoms with Crippen molar-refractivity contribution in [1.29, 1.82) is 0 Å². The molecule has 0 fully saturated rings. The fourth-order valence-electron chi connectivity index (χ4n) is 1.57. The molecule has 0 aliphatic heterocycles. The van der Waals surface area contributed by atoms with Crippen molar-refractivity contribution in [3.8, 4) is 0 Å². The van der Waals surface area contributed by atoms with E-state index < -0.39 is 24.0 Å². The van der Waals surface area contributed by atoms with E-state index in [9.17, 15) is 14.4 Å². The van der Waals surface area contributed by atoms with Crippen molar-refractivity contribution in [3.05, 3.63) is 35.0 Å². The van der Waals surface area contributed by atoms with Crippen LogP contribution >= 0.6 is 11.6 Å². The fraction of sp³-hybridized carbons (Fsp3) is 0.0833. The van der Waals surface area contributed by atoms with Crippen LogP contribution in [0.1, 0.15) is 16.9 Å². The molecule has 6 heteroatoms. The summed E-state index contributed by atoms with van der Waals surface area (Å²) in [5.41, 5.74) is 0.896. The molecule has 0 aliphatic carbocycles. The van der Waals surface area contributed by atoms with Crippen molar-refractivity contribution in [1.82, 2.24) is 4.98 Å². The molecular formula is C12H8ClNO4. The highest BCUT2D eigenvalue weighted by atomic mass is 35.5. The number of hydrogen-bond acceptors (Lipinski definition) is 3. The molecule has 0 atom stereocenters. The lowest BCUT2D eigenvalue weighted by Crippen LogP contribution is -2.17. The highest BCUT2D eigenvalue weighted by Crippen LogP contribution is 2.20. The molecule has 0 aliphatic rings. The van der Waals surface area contributed by atoms with E-state index in [2.05, 4.69) is 4.98 Å². The monoisotopic (exact) mass is 265 g/mol. The first-order valence-electron chi connectivity index (χ1n) is 5.05. The van der Waals surface area contributed by atoms with Crippen LogP contribution in [0.25, 0.3) is 10.9 Å². The Labute approximate surface area is 106 Å². The number of carboxylic acids is 1. The second-order valence-electron chi connectivity index (χ2n) is 3.74. The van der Waals surface area contributed by atoms with Crippen molar-refractivity contribution in [2.75, 3.05) is 0 Å². The van der Waals surface area contributed by atoms with E-state index in [0.29, 0.717) is 10.5 Å². The van der Waals surface area contributed by atoms with Gasteiger partial charge < -0.3 is 10.1 Å². The zero-order valence-corrected chi connectivity index (χ0v) is 9.82. The summed E-state index contributed by atoms with van der Waals surface area (Å²) >= 11 is 5.80. The number of carbonyl (C=O) groups excluding carboxylic acids is 2. The molecule has 0 bridgehead atoms. The zero-order valence-electron chi connectivity index (χ0n) is 9.07. The van der Waals surface area contributed by atoms with E-state index in [-0.39, 0.29) is 5.69 Å². The maximum Gasteiger partial charge on any atom is 0.372 e. The fourth-order valence-corrected chi connectivity index (χ4v) is 1.75. The third-order valence-electron chi connectivity index (χ3n) is 2.44. The number of Topliss-reactive ketones (excluding diaryl/α,β-unsaturated/α-hetero) is 2. The van der Waals surface area contributed by atoms with Crippen LogP contribution in [0.4, 0.5) is 0 Å². The Morgan fingerprint density at radius 3 is 2.61 bits per heavy atom. The van der Waals surface area contributed by atoms with Gasteiger partial charge in [-0.1, -0.05) is 11.6 Å². The number of nitrogens with one attached hydrogen (secondary N) is 1. The van der Waals surface area contributed by atoms with Crippen molar-refractivity contribution >= 4 is 40.0 Å². The summed E-state index contributed by atoms with van der Waals surface area (Å²) in [6.45, 7) is 0. The summed E-state index contributed by atoms with van der Waals surface area (Å²) in [6, 6.07) is 6.58. The van der Waals surface area contributed by atoms with Gasteiger partial charge >= 0.3 is 5.97 Å². The number of carbonyl (C=O) groups is 3. The maximum absolute atomic E-state index is 11.7. The highest BCUT2D eigenvalue weighted by molar-refractivity contribution is 6.37. The van der Waals surface area contributed by atoms with Gasteiger partial charge in [0.25, 0.3) is 0 Å². The van der Waals surface area contributed by atoms with Gasteiger partial charge in [0, 0.05) is 15.9 Å². The SMILES string of the molecule is O=C(O)C(=O)CC(=O)c1cc2cc(Cl)ccc2[nH]1. The number of carboxylic acid groups (broad SMARTS) is 1. The van der Waals surface area contributed by atoms with Gasteiger partial charge in [-0.3, -0.25) is 9.59 Å². The van der Waals surface area contributed by atoms with Crippen LogP contribution < -0.4 is 0 Å². The molecule has 0 amide bonds. The number of rotatable bonds is 4. The van der Waals surface area contributed by atoms with Gasteiger partial charge in [-0.25, -0.2) is 4.79 Å². The lowest BCUT2D eigenvalue weighted by Gasteiger charge is -1.93. The smallest absolute Gasteiger partial charge is 0.372 e. The van der Waals surface area contributed by atoms with E-state index in [4.69, 9.17) is 16.7 Å². The normalized spacial score (nSPS) is 10.5. The minimum absolute atomic E-state index is 0.196. The Balaban J connectivity index is 2.28. The van der Waals surface area contributed by atoms with Crippen LogP contribution in [0, 0.1) is 0 Å². The number of aromatic amines is 1. The molecule has 2 rings (SSSR count). The first kappa shape index (κ1) is 12.3. The average Bonchev–Trinajstić information content (AvgIpc) is 2.71. The molecule has 18 heavy (non-hydrogen) atoms. The van der Waals surface area contributed by atoms with Crippen LogP contribution in [0.2, 0.25) is 5.02 Å². The second-order valence-corrected chi connectivity index (χ2v) is 4.18. The van der Waals surface area contributed by atoms with E-state index in [1.807, 2.05) is 0 Å². The van der Waals surface area contributed by atoms with Crippen LogP contribution in [0.5, 0.6) is 0 Å². The molecule has 1 aromatic heterocycles. The minimum atomic E-state index is -1.61. The Morgan fingerprint density at radius 2 is 1.94 bits per heavy atom. The van der Waals surface area contributed by atoms with E-state index >= 15 is 0 Å². The molecule has 1 heterocycles. The highest BCUT2D eigenvalue weighted by Gasteiger charge is 2.19. The summed E-state index contributed by atoms with van der Waals surface area (Å²) in [7, 11) is 0. The molecule has 2 aromatic rings. The Hall–Kier alpha value is -2.14. The number of aliphatic carboxylic acids is 1. The van der Waals surface area contributed by atoms with E-state index in [1.165, 1.54) is 0 Å². The lowest BCUT2D eigenvalue weighted by atomic mass is 10.1. The number of halogens is 1. The van der Waals surface area contributed by atoms with Crippen molar-refractivity contribution in [2.24, 2.45) is 0 Å². The van der Waals surface area contributed by atoms with Gasteiger partial charge in [-0.05, 0) is 24.3 Å². The predicted octanol–water partition coefficient (Wildman–Crippen LogP) is 2.05. The molecule has 0 saturated carbocycles. The van der Waals surface area contributed by atoms with Crippen LogP contribution in [-0.2, 0) is 9.59 Å². The first-order chi connectivity index (χ1) is 8.47. The predicted molar refractivity (Wildman–Crippen MR) is 64.9 cm³/mol. The summed E-state index contributed by atoms with van der Waals surface area (Å²) in [5, 5.41) is 9.68. The molecule has 1 aromatic carbocycles. The van der Waals surface area contributed by atoms with Crippen molar-refractivity contribution < 1.29 is 19.5 Å². The molecule has 0 spiro atoms. The Morgan fingerprint density at radius 1 is 1.22 bits per heavy atom. The second kappa shape index (κ2) is 4.62. The van der Waals surface area contributed by atoms with Crippen LogP contribution in [0.3, 0.4) is 0 Å². The topological polar surface area (TPSA) is 87.2 Å². The standard InChI is InChI=1S/C12H8ClNO4/c13-7-1-2-8-6(3-7)4-9(14-8)10(15)5-11(16)12(17)18/h1-4,14H,5H2,(H,17,18). The number of fused-ring (bicyclic) bond motifs is 1. The number of benzene rings is 1. The molecule has 0 unspecified atom stereocenters. The Bertz CT molecular complexity index is 659. The molecular weight excluding hydrogens is 258 g/mol. The van der Waals surface area contributed by atoms with Crippen molar-refractivity contribution in [2.45, 2.75) is 6.42 Å². The molecule has 0 saturated heterocycles. The average molecular weight is 266 g/mol. The van der Waals surface area contributed by atoms with Crippen molar-refractivity contribution in [3.63, 3.8) is 0 Å². The van der Waals surface area contributed by atoms with E-state index in [1.54, 1.807) is 24.3 Å². The Kier molecular flexibility index (Phi) is 3.16. The number of ketones is 2. The third kappa shape index (κ3) is 2.41. The van der Waals surface area contributed by atoms with Gasteiger partial charge in [-0.15, -0.1) is 0 Å². The number of aromatic nitrogens is 1. The zero-order chi connectivity index (χ0) is 13.3. The minimum Gasteiger partial charge on any atom is -0.475 e. The first-order valence-corrected chi connectivity index (χ1v) is 5.43. The molecule has 2 N–H and O–H groups in total. The van der Waals surface area contributed by atoms with Gasteiger partial charge in [0.15, 0.2) is 5.78 Å². The van der Waals surface area contributed by atoms with Gasteiger partial charge in [0.05, 0.1) is 12.1 Å². The van der Waals surface area contributed by atoms with Gasteiger partial charge in [0.2, 0.25) is 5.78 Å².